The van der Waals surface area contributed by atoms with Gasteiger partial charge < -0.3 is 25.4 Å². The van der Waals surface area contributed by atoms with Gasteiger partial charge in [0.2, 0.25) is 5.88 Å². The van der Waals surface area contributed by atoms with E-state index >= 15 is 0 Å². The first-order valence-electron chi connectivity index (χ1n) is 12.1. The number of benzene rings is 2. The van der Waals surface area contributed by atoms with Crippen molar-refractivity contribution in [3.8, 4) is 11.6 Å². The van der Waals surface area contributed by atoms with Crippen LogP contribution in [0.4, 0.5) is 22.9 Å². The minimum atomic E-state index is -0.740. The van der Waals surface area contributed by atoms with Gasteiger partial charge in [-0.15, -0.1) is 0 Å². The minimum absolute atomic E-state index is 0.0270. The van der Waals surface area contributed by atoms with Gasteiger partial charge in [0.1, 0.15) is 11.4 Å². The third-order valence-corrected chi connectivity index (χ3v) is 5.96. The lowest BCUT2D eigenvalue weighted by Gasteiger charge is -2.37. The number of morpholine rings is 1. The molecule has 11 nitrogen and oxygen atoms in total. The average Bonchev–Trinajstić information content (AvgIpc) is 2.83. The number of carbonyl (C=O) groups is 1. The van der Waals surface area contributed by atoms with Crippen molar-refractivity contribution in [2.45, 2.75) is 46.3 Å². The third kappa shape index (κ3) is 5.95. The fourth-order valence-corrected chi connectivity index (χ4v) is 4.40. The minimum Gasteiger partial charge on any atom is -0.437 e. The molecule has 4 rings (SSSR count). The maximum absolute atomic E-state index is 12.2. The number of nitrogens with one attached hydrogen (secondary N) is 1. The number of primary amides is 1. The maximum Gasteiger partial charge on any atom is 0.273 e. The highest BCUT2D eigenvalue weighted by molar-refractivity contribution is 5.96. The first kappa shape index (κ1) is 25.8. The van der Waals surface area contributed by atoms with Gasteiger partial charge in [-0.3, -0.25) is 14.9 Å². The standard InChI is InChI=1S/C26H30N6O5/c1-5-21-26(37-20-8-6-7-19(12-20)32(34)35)30-25(23(29-21)24(27)33)28-18-9-10-22(15(2)11-18)31-13-16(3)36-17(4)14-31/h6-12,16-17H,5,13-14H2,1-4H3,(H2,27,33)(H,28,30)/t16-,17+. The van der Waals surface area contributed by atoms with Gasteiger partial charge in [-0.2, -0.15) is 4.98 Å². The summed E-state index contributed by atoms with van der Waals surface area (Å²) >= 11 is 0. The zero-order chi connectivity index (χ0) is 26.7. The smallest absolute Gasteiger partial charge is 0.273 e. The number of anilines is 3. The normalized spacial score (nSPS) is 17.4. The quantitative estimate of drug-likeness (QED) is 0.333. The number of ether oxygens (including phenoxy) is 2. The van der Waals surface area contributed by atoms with Gasteiger partial charge in [0, 0.05) is 30.5 Å². The summed E-state index contributed by atoms with van der Waals surface area (Å²) in [6, 6.07) is 11.6. The average molecular weight is 507 g/mol. The SMILES string of the molecule is CCc1nc(C(N)=O)c(Nc2ccc(N3C[C@@H](C)O[C@@H](C)C3)c(C)c2)nc1Oc1cccc([N+](=O)[O-])c1. The Balaban J connectivity index is 1.65. The molecule has 0 saturated carbocycles. The van der Waals surface area contributed by atoms with E-state index in [1.54, 1.807) is 6.07 Å². The van der Waals surface area contributed by atoms with Crippen molar-refractivity contribution in [1.82, 2.24) is 9.97 Å². The molecule has 1 saturated heterocycles. The van der Waals surface area contributed by atoms with Crippen LogP contribution >= 0.6 is 0 Å². The molecule has 2 atom stereocenters. The van der Waals surface area contributed by atoms with Crippen LogP contribution in [0.15, 0.2) is 42.5 Å². The molecule has 11 heteroatoms. The van der Waals surface area contributed by atoms with Crippen LogP contribution in [0.1, 0.15) is 42.5 Å². The Morgan fingerprint density at radius 2 is 1.95 bits per heavy atom. The van der Waals surface area contributed by atoms with E-state index in [-0.39, 0.29) is 41.0 Å². The van der Waals surface area contributed by atoms with E-state index in [1.807, 2.05) is 32.0 Å². The Hall–Kier alpha value is -4.25. The number of rotatable bonds is 8. The summed E-state index contributed by atoms with van der Waals surface area (Å²) in [5.74, 6) is -0.257. The summed E-state index contributed by atoms with van der Waals surface area (Å²) in [4.78, 5) is 34.0. The molecule has 1 amide bonds. The number of amides is 1. The van der Waals surface area contributed by atoms with Crippen LogP contribution in [0.2, 0.25) is 0 Å². The van der Waals surface area contributed by atoms with Crippen molar-refractivity contribution in [3.05, 3.63) is 69.5 Å². The van der Waals surface area contributed by atoms with Crippen molar-refractivity contribution in [2.75, 3.05) is 23.3 Å². The molecule has 3 aromatic rings. The number of nitro benzene ring substituents is 1. The molecule has 0 bridgehead atoms. The van der Waals surface area contributed by atoms with Crippen LogP contribution in [-0.4, -0.2) is 46.1 Å². The molecule has 1 aliphatic rings. The molecule has 1 fully saturated rings. The Kier molecular flexibility index (Phi) is 7.53. The lowest BCUT2D eigenvalue weighted by atomic mass is 10.1. The van der Waals surface area contributed by atoms with Crippen molar-refractivity contribution in [1.29, 1.82) is 0 Å². The first-order valence-corrected chi connectivity index (χ1v) is 12.1. The van der Waals surface area contributed by atoms with Gasteiger partial charge in [0.25, 0.3) is 11.6 Å². The first-order chi connectivity index (χ1) is 17.6. The van der Waals surface area contributed by atoms with Crippen molar-refractivity contribution in [3.63, 3.8) is 0 Å². The van der Waals surface area contributed by atoms with Gasteiger partial charge in [-0.05, 0) is 57.0 Å². The highest BCUT2D eigenvalue weighted by atomic mass is 16.6. The van der Waals surface area contributed by atoms with Crippen LogP contribution in [0.3, 0.4) is 0 Å². The van der Waals surface area contributed by atoms with Gasteiger partial charge >= 0.3 is 0 Å². The number of nitro groups is 1. The predicted molar refractivity (Wildman–Crippen MR) is 140 cm³/mol. The second-order valence-corrected chi connectivity index (χ2v) is 9.04. The summed E-state index contributed by atoms with van der Waals surface area (Å²) < 4.78 is 11.7. The summed E-state index contributed by atoms with van der Waals surface area (Å²) in [5.41, 5.74) is 8.70. The zero-order valence-electron chi connectivity index (χ0n) is 21.2. The third-order valence-electron chi connectivity index (χ3n) is 5.96. The van der Waals surface area contributed by atoms with Gasteiger partial charge in [-0.25, -0.2) is 4.98 Å². The van der Waals surface area contributed by atoms with Gasteiger partial charge in [-0.1, -0.05) is 13.0 Å². The van der Waals surface area contributed by atoms with Crippen LogP contribution in [-0.2, 0) is 11.2 Å². The number of hydrogen-bond acceptors (Lipinski definition) is 9. The van der Waals surface area contributed by atoms with Crippen molar-refractivity contribution < 1.29 is 19.2 Å². The molecule has 3 N–H and O–H groups in total. The molecule has 0 radical (unpaired) electrons. The lowest BCUT2D eigenvalue weighted by Crippen LogP contribution is -2.45. The Labute approximate surface area is 214 Å². The van der Waals surface area contributed by atoms with Gasteiger partial charge in [0.15, 0.2) is 11.5 Å². The highest BCUT2D eigenvalue weighted by Crippen LogP contribution is 2.31. The summed E-state index contributed by atoms with van der Waals surface area (Å²) in [5, 5.41) is 14.3. The van der Waals surface area contributed by atoms with Gasteiger partial charge in [0.05, 0.1) is 23.2 Å². The van der Waals surface area contributed by atoms with E-state index in [1.165, 1.54) is 18.2 Å². The maximum atomic E-state index is 12.2. The molecule has 194 valence electrons. The number of carbonyl (C=O) groups excluding carboxylic acids is 1. The molecule has 2 heterocycles. The van der Waals surface area contributed by atoms with Crippen molar-refractivity contribution >= 4 is 28.8 Å². The molecular formula is C26H30N6O5. The molecule has 2 aromatic carbocycles. The van der Waals surface area contributed by atoms with Crippen LogP contribution in [0, 0.1) is 17.0 Å². The molecule has 0 unspecified atom stereocenters. The molecule has 1 aliphatic heterocycles. The molecule has 37 heavy (non-hydrogen) atoms. The van der Waals surface area contributed by atoms with E-state index in [9.17, 15) is 14.9 Å². The van der Waals surface area contributed by atoms with Crippen molar-refractivity contribution in [2.24, 2.45) is 5.73 Å². The Morgan fingerprint density at radius 3 is 2.57 bits per heavy atom. The topological polar surface area (TPSA) is 146 Å². The number of nitrogens with zero attached hydrogens (tertiary/aromatic N) is 4. The highest BCUT2D eigenvalue weighted by Gasteiger charge is 2.24. The van der Waals surface area contributed by atoms with Crippen LogP contribution in [0.25, 0.3) is 0 Å². The molecule has 0 spiro atoms. The van der Waals surface area contributed by atoms with E-state index in [0.29, 0.717) is 17.8 Å². The summed E-state index contributed by atoms with van der Waals surface area (Å²) in [6.07, 6.45) is 0.675. The van der Waals surface area contributed by atoms with E-state index in [2.05, 4.69) is 34.0 Å². The number of aryl methyl sites for hydroxylation is 2. The fraction of sp³-hybridized carbons (Fsp3) is 0.346. The predicted octanol–water partition coefficient (Wildman–Crippen LogP) is 4.50. The zero-order valence-corrected chi connectivity index (χ0v) is 21.2. The monoisotopic (exact) mass is 506 g/mol. The molecule has 0 aliphatic carbocycles. The fourth-order valence-electron chi connectivity index (χ4n) is 4.40. The second kappa shape index (κ2) is 10.8. The number of hydrogen-bond donors (Lipinski definition) is 2. The number of nitrogens with two attached hydrogens (primary N) is 1. The van der Waals surface area contributed by atoms with E-state index < -0.39 is 10.8 Å². The van der Waals surface area contributed by atoms with Crippen LogP contribution < -0.4 is 20.7 Å². The summed E-state index contributed by atoms with van der Waals surface area (Å²) in [7, 11) is 0. The lowest BCUT2D eigenvalue weighted by molar-refractivity contribution is -0.384. The largest absolute Gasteiger partial charge is 0.437 e. The Bertz CT molecular complexity index is 1320. The number of aromatic nitrogens is 2. The Morgan fingerprint density at radius 1 is 1.22 bits per heavy atom. The molecular weight excluding hydrogens is 476 g/mol. The second-order valence-electron chi connectivity index (χ2n) is 9.04. The molecule has 1 aromatic heterocycles. The van der Waals surface area contributed by atoms with E-state index in [4.69, 9.17) is 15.2 Å². The number of non-ortho nitro benzene ring substituents is 1. The van der Waals surface area contributed by atoms with E-state index in [0.717, 1.165) is 24.3 Å². The van der Waals surface area contributed by atoms with Crippen LogP contribution in [0.5, 0.6) is 11.6 Å². The summed E-state index contributed by atoms with van der Waals surface area (Å²) in [6.45, 7) is 9.56.